The van der Waals surface area contributed by atoms with Crippen molar-refractivity contribution in [2.45, 2.75) is 65.7 Å². The third kappa shape index (κ3) is 5.77. The van der Waals surface area contributed by atoms with Crippen molar-refractivity contribution < 1.29 is 19.4 Å². The fraction of sp³-hybridized carbons (Fsp3) is 0.632. The van der Waals surface area contributed by atoms with Crippen molar-refractivity contribution in [3.05, 3.63) is 35.0 Å². The summed E-state index contributed by atoms with van der Waals surface area (Å²) in [7, 11) is 0. The quantitative estimate of drug-likeness (QED) is 0.534. The van der Waals surface area contributed by atoms with E-state index in [1.807, 2.05) is 6.08 Å². The van der Waals surface area contributed by atoms with Crippen LogP contribution in [0.4, 0.5) is 0 Å². The maximum atomic E-state index is 11.7. The molecule has 4 nitrogen and oxygen atoms in total. The van der Waals surface area contributed by atoms with Gasteiger partial charge in [-0.3, -0.25) is 0 Å². The van der Waals surface area contributed by atoms with Gasteiger partial charge in [0.05, 0.1) is 11.5 Å². The second-order valence-corrected chi connectivity index (χ2v) is 7.46. The van der Waals surface area contributed by atoms with Crippen LogP contribution < -0.4 is 0 Å². The monoisotopic (exact) mass is 320 g/mol. The summed E-state index contributed by atoms with van der Waals surface area (Å²) in [4.78, 5) is 11.7. The molecule has 0 radical (unpaired) electrons. The fourth-order valence-corrected chi connectivity index (χ4v) is 2.78. The second kappa shape index (κ2) is 7.71. The lowest BCUT2D eigenvalue weighted by atomic mass is 9.90. The number of hydrogen-bond donors (Lipinski definition) is 1. The van der Waals surface area contributed by atoms with Gasteiger partial charge in [0, 0.05) is 19.3 Å². The van der Waals surface area contributed by atoms with Crippen LogP contribution in [0.25, 0.3) is 0 Å². The van der Waals surface area contributed by atoms with Crippen molar-refractivity contribution in [3.8, 4) is 0 Å². The number of carbonyl (C=O) groups is 1. The average molecular weight is 320 g/mol. The van der Waals surface area contributed by atoms with E-state index in [0.717, 1.165) is 50.0 Å². The van der Waals surface area contributed by atoms with Crippen molar-refractivity contribution in [3.63, 3.8) is 0 Å². The summed E-state index contributed by atoms with van der Waals surface area (Å²) in [6, 6.07) is 0. The average Bonchev–Trinajstić information content (AvgIpc) is 3.09. The molecule has 4 heteroatoms. The Labute approximate surface area is 138 Å². The fourth-order valence-electron chi connectivity index (χ4n) is 2.78. The lowest BCUT2D eigenvalue weighted by Gasteiger charge is -2.23. The molecule has 23 heavy (non-hydrogen) atoms. The molecule has 0 bridgehead atoms. The van der Waals surface area contributed by atoms with Gasteiger partial charge < -0.3 is 14.6 Å². The predicted octanol–water partition coefficient (Wildman–Crippen LogP) is 4.93. The largest absolute Gasteiger partial charge is 0.493 e. The first kappa shape index (κ1) is 17.6. The van der Waals surface area contributed by atoms with Crippen molar-refractivity contribution in [1.82, 2.24) is 0 Å². The molecule has 1 N–H and O–H groups in total. The van der Waals surface area contributed by atoms with E-state index in [1.165, 1.54) is 0 Å². The van der Waals surface area contributed by atoms with Gasteiger partial charge in [-0.25, -0.2) is 4.79 Å². The molecule has 0 amide bonds. The van der Waals surface area contributed by atoms with Crippen LogP contribution in [0.5, 0.6) is 0 Å². The highest BCUT2D eigenvalue weighted by molar-refractivity contribution is 5.87. The number of ether oxygens (including phenoxy) is 2. The molecule has 0 spiro atoms. The molecule has 2 aliphatic rings. The number of hydrogen-bond acceptors (Lipinski definition) is 3. The van der Waals surface area contributed by atoms with E-state index in [9.17, 15) is 9.90 Å². The Kier molecular flexibility index (Phi) is 5.91. The molecule has 128 valence electrons. The van der Waals surface area contributed by atoms with Crippen LogP contribution in [0.1, 0.15) is 65.7 Å². The minimum absolute atomic E-state index is 0.0537. The molecule has 0 saturated carbocycles. The Hall–Kier alpha value is -1.71. The zero-order valence-electron chi connectivity index (χ0n) is 14.5. The standard InChI is InChI=1S/C19H28O4/c1-19(2,3)12-17(23-15-10-6-7-11-15)16(18(20)21)13-22-14-8-4-5-9-14/h8,10H,4-7,9,11-13H2,1-3H3,(H,20,21). The van der Waals surface area contributed by atoms with Gasteiger partial charge in [0.25, 0.3) is 0 Å². The van der Waals surface area contributed by atoms with E-state index in [0.29, 0.717) is 12.2 Å². The Morgan fingerprint density at radius 1 is 1.13 bits per heavy atom. The van der Waals surface area contributed by atoms with E-state index in [4.69, 9.17) is 9.47 Å². The Morgan fingerprint density at radius 3 is 2.22 bits per heavy atom. The molecule has 0 aromatic rings. The molecular weight excluding hydrogens is 292 g/mol. The van der Waals surface area contributed by atoms with E-state index in [2.05, 4.69) is 26.8 Å². The van der Waals surface area contributed by atoms with Gasteiger partial charge in [0.15, 0.2) is 0 Å². The summed E-state index contributed by atoms with van der Waals surface area (Å²) in [6.45, 7) is 6.32. The van der Waals surface area contributed by atoms with Crippen molar-refractivity contribution in [2.24, 2.45) is 5.41 Å². The molecule has 0 heterocycles. The van der Waals surface area contributed by atoms with Gasteiger partial charge in [0.2, 0.25) is 0 Å². The van der Waals surface area contributed by atoms with E-state index >= 15 is 0 Å². The highest BCUT2D eigenvalue weighted by atomic mass is 16.5. The first-order valence-electron chi connectivity index (χ1n) is 8.49. The molecule has 0 aromatic heterocycles. The summed E-state index contributed by atoms with van der Waals surface area (Å²) in [5.41, 5.74) is 0.183. The van der Waals surface area contributed by atoms with Crippen molar-refractivity contribution >= 4 is 5.97 Å². The first-order chi connectivity index (χ1) is 10.8. The number of aliphatic carboxylic acids is 1. The minimum Gasteiger partial charge on any atom is -0.493 e. The van der Waals surface area contributed by atoms with Crippen LogP contribution in [0.15, 0.2) is 35.0 Å². The number of carboxylic acid groups (broad SMARTS) is 1. The summed E-state index contributed by atoms with van der Waals surface area (Å²) in [5, 5.41) is 9.63. The zero-order valence-corrected chi connectivity index (χ0v) is 14.5. The maximum Gasteiger partial charge on any atom is 0.338 e. The smallest absolute Gasteiger partial charge is 0.338 e. The second-order valence-electron chi connectivity index (χ2n) is 7.46. The number of rotatable bonds is 7. The van der Waals surface area contributed by atoms with Gasteiger partial charge in [0.1, 0.15) is 17.9 Å². The van der Waals surface area contributed by atoms with E-state index < -0.39 is 5.97 Å². The van der Waals surface area contributed by atoms with Crippen molar-refractivity contribution in [1.29, 1.82) is 0 Å². The minimum atomic E-state index is -0.957. The van der Waals surface area contributed by atoms with Crippen LogP contribution in [0.3, 0.4) is 0 Å². The van der Waals surface area contributed by atoms with Gasteiger partial charge in [-0.05, 0) is 43.3 Å². The van der Waals surface area contributed by atoms with Gasteiger partial charge >= 0.3 is 5.97 Å². The van der Waals surface area contributed by atoms with E-state index in [-0.39, 0.29) is 17.6 Å². The zero-order chi connectivity index (χ0) is 16.9. The van der Waals surface area contributed by atoms with Gasteiger partial charge in [-0.15, -0.1) is 0 Å². The molecule has 0 atom stereocenters. The molecule has 0 unspecified atom stereocenters. The Morgan fingerprint density at radius 2 is 1.74 bits per heavy atom. The molecule has 2 rings (SSSR count). The molecule has 0 aliphatic heterocycles. The Bertz CT molecular complexity index is 532. The molecule has 0 aromatic carbocycles. The topological polar surface area (TPSA) is 55.8 Å². The van der Waals surface area contributed by atoms with Crippen LogP contribution in [-0.4, -0.2) is 17.7 Å². The normalized spacial score (nSPS) is 19.1. The van der Waals surface area contributed by atoms with Crippen LogP contribution in [-0.2, 0) is 14.3 Å². The van der Waals surface area contributed by atoms with Crippen LogP contribution >= 0.6 is 0 Å². The molecule has 0 fully saturated rings. The third-order valence-electron chi connectivity index (χ3n) is 3.94. The van der Waals surface area contributed by atoms with Crippen molar-refractivity contribution in [2.75, 3.05) is 6.61 Å². The third-order valence-corrected chi connectivity index (χ3v) is 3.94. The predicted molar refractivity (Wildman–Crippen MR) is 89.6 cm³/mol. The molecule has 2 aliphatic carbocycles. The van der Waals surface area contributed by atoms with E-state index in [1.54, 1.807) is 0 Å². The maximum absolute atomic E-state index is 11.7. The molecule has 0 saturated heterocycles. The van der Waals surface area contributed by atoms with Crippen LogP contribution in [0.2, 0.25) is 0 Å². The SMILES string of the molecule is CC(C)(C)CC(OC1=CCCC1)=C(COC1=CCCC1)C(=O)O. The summed E-state index contributed by atoms with van der Waals surface area (Å²) in [5.74, 6) is 1.38. The number of allylic oxidation sites excluding steroid dienone is 5. The number of carboxylic acids is 1. The lowest BCUT2D eigenvalue weighted by Crippen LogP contribution is -2.17. The summed E-state index contributed by atoms with van der Waals surface area (Å²) >= 11 is 0. The lowest BCUT2D eigenvalue weighted by molar-refractivity contribution is -0.133. The highest BCUT2D eigenvalue weighted by Gasteiger charge is 2.24. The first-order valence-corrected chi connectivity index (χ1v) is 8.49. The highest BCUT2D eigenvalue weighted by Crippen LogP contribution is 2.31. The summed E-state index contributed by atoms with van der Waals surface area (Å²) < 4.78 is 11.7. The van der Waals surface area contributed by atoms with Crippen LogP contribution in [0, 0.1) is 5.41 Å². The van der Waals surface area contributed by atoms with Gasteiger partial charge in [-0.1, -0.05) is 20.8 Å². The Balaban J connectivity index is 2.18. The summed E-state index contributed by atoms with van der Waals surface area (Å²) in [6.07, 6.45) is 10.6. The molecular formula is C19H28O4. The van der Waals surface area contributed by atoms with Gasteiger partial charge in [-0.2, -0.15) is 0 Å².